The number of hydrogen-bond acceptors (Lipinski definition) is 17. The van der Waals surface area contributed by atoms with Crippen molar-refractivity contribution in [2.24, 2.45) is 5.92 Å². The van der Waals surface area contributed by atoms with Crippen molar-refractivity contribution in [1.29, 1.82) is 0 Å². The van der Waals surface area contributed by atoms with E-state index in [1.807, 2.05) is 97.9 Å². The average Bonchev–Trinajstić information content (AvgIpc) is 3.40. The Morgan fingerprint density at radius 2 is 0.988 bits per heavy atom. The van der Waals surface area contributed by atoms with Crippen molar-refractivity contribution in [3.63, 3.8) is 0 Å². The highest BCUT2D eigenvalue weighted by molar-refractivity contribution is 8.47. The molecule has 1 aliphatic rings. The van der Waals surface area contributed by atoms with Gasteiger partial charge in [0.05, 0.1) is 26.8 Å². The second kappa shape index (κ2) is 28.0. The van der Waals surface area contributed by atoms with Crippen LogP contribution in [-0.4, -0.2) is 90.8 Å². The van der Waals surface area contributed by atoms with E-state index in [2.05, 4.69) is 44.5 Å². The van der Waals surface area contributed by atoms with Crippen molar-refractivity contribution in [3.8, 4) is 0 Å². The summed E-state index contributed by atoms with van der Waals surface area (Å²) >= 11 is 8.46. The largest absolute Gasteiger partial charge is 0.456 e. The van der Waals surface area contributed by atoms with Crippen LogP contribution in [0.3, 0.4) is 0 Å². The maximum Gasteiger partial charge on any atom is 0.407 e. The number of benzene rings is 6. The number of nitrogens with zero attached hydrogens (tertiary/aromatic N) is 4. The van der Waals surface area contributed by atoms with Crippen molar-refractivity contribution in [2.45, 2.75) is 82.4 Å². The Morgan fingerprint density at radius 1 is 0.627 bits per heavy atom. The Balaban J connectivity index is 1.29. The second-order valence-corrected chi connectivity index (χ2v) is 32.3. The van der Waals surface area contributed by atoms with Gasteiger partial charge in [-0.1, -0.05) is 136 Å². The van der Waals surface area contributed by atoms with Crippen molar-refractivity contribution >= 4 is 117 Å². The minimum atomic E-state index is -3.49. The van der Waals surface area contributed by atoms with E-state index in [0.717, 1.165) is 39.4 Å². The van der Waals surface area contributed by atoms with E-state index >= 15 is 9.59 Å². The maximum absolute atomic E-state index is 15.8. The summed E-state index contributed by atoms with van der Waals surface area (Å²) in [7, 11) is -2.59. The summed E-state index contributed by atoms with van der Waals surface area (Å²) in [4.78, 5) is 91.9. The zero-order valence-corrected chi connectivity index (χ0v) is 50.5. The van der Waals surface area contributed by atoms with Crippen LogP contribution in [-0.2, 0) is 48.0 Å². The molecule has 1 heterocycles. The van der Waals surface area contributed by atoms with Gasteiger partial charge in [0.2, 0.25) is 5.91 Å². The first-order chi connectivity index (χ1) is 39.5. The number of nitrogens with one attached hydrogen (secondary N) is 2. The molecule has 0 spiro atoms. The molecule has 0 aliphatic carbocycles. The minimum absolute atomic E-state index is 0.0421. The summed E-state index contributed by atoms with van der Waals surface area (Å²) in [5.74, 6) is -2.15. The number of amides is 3. The quantitative estimate of drug-likeness (QED) is 0.00883. The first-order valence-electron chi connectivity index (χ1n) is 26.0. The lowest BCUT2D eigenvalue weighted by molar-refractivity contribution is -0.385. The van der Waals surface area contributed by atoms with Crippen molar-refractivity contribution in [1.82, 2.24) is 15.5 Å². The van der Waals surface area contributed by atoms with Crippen molar-refractivity contribution < 1.29 is 52.6 Å². The number of carbonyl (C=O) groups is 4. The standard InChI is InChI=1S/C58H61N6O14PS3Si/c1-39(78-83(5,6)58(2,3)4)50-51(65)61(52(54(66)75-36-40-22-28-43(29-23-40)62(69)70)79(46-16-10-7-11-17-46,47-18-12-8-13-19-47)48-20-14-9-15-21-48)53(50)82-57(80)81-49(34-59-55(67)76-37-41-24-30-44(31-25-41)63(71)72)35-60-56(68)77-38-42-26-32-45(33-27-42)64(73)74/h7-33,39,49-50,53H,34-38H2,1-6H3,(H,59,67)(H,60,68)/t39-,50+,53-/m1/s1. The van der Waals surface area contributed by atoms with Crippen molar-refractivity contribution in [3.05, 3.63) is 211 Å². The molecule has 1 saturated heterocycles. The number of thioether (sulfide) groups is 2. The molecule has 0 radical (unpaired) electrons. The second-order valence-electron chi connectivity index (χ2n) is 20.6. The Bertz CT molecular complexity index is 3200. The Morgan fingerprint density at radius 3 is 1.34 bits per heavy atom. The van der Waals surface area contributed by atoms with E-state index in [9.17, 15) is 39.9 Å². The molecular formula is C58H61N6O14PS3Si. The number of β-lactam (4-membered cyclic amide) rings is 1. The summed E-state index contributed by atoms with van der Waals surface area (Å²) in [5, 5.41) is 39.7. The minimum Gasteiger partial charge on any atom is -0.456 e. The lowest BCUT2D eigenvalue weighted by atomic mass is 9.93. The number of alkyl carbamates (subject to hydrolysis) is 2. The first kappa shape index (κ1) is 62.9. The molecule has 7 rings (SSSR count). The van der Waals surface area contributed by atoms with Crippen LogP contribution in [0.15, 0.2) is 164 Å². The fourth-order valence-corrected chi connectivity index (χ4v) is 17.8. The van der Waals surface area contributed by atoms with Crippen LogP contribution in [0.25, 0.3) is 0 Å². The van der Waals surface area contributed by atoms with E-state index in [4.69, 9.17) is 30.9 Å². The van der Waals surface area contributed by atoms with Crippen LogP contribution >= 0.6 is 42.6 Å². The molecule has 83 heavy (non-hydrogen) atoms. The molecule has 3 atom stereocenters. The molecule has 3 amide bonds. The monoisotopic (exact) mass is 1220 g/mol. The average molecular weight is 1220 g/mol. The predicted molar refractivity (Wildman–Crippen MR) is 329 cm³/mol. The van der Waals surface area contributed by atoms with E-state index in [0.29, 0.717) is 16.7 Å². The summed E-state index contributed by atoms with van der Waals surface area (Å²) in [6, 6.07) is 44.9. The van der Waals surface area contributed by atoms with Gasteiger partial charge in [0.15, 0.2) is 8.32 Å². The fourth-order valence-electron chi connectivity index (χ4n) is 8.72. The molecule has 0 bridgehead atoms. The molecule has 0 aromatic heterocycles. The third kappa shape index (κ3) is 15.7. The molecule has 6 aromatic carbocycles. The van der Waals surface area contributed by atoms with Crippen LogP contribution < -0.4 is 26.5 Å². The van der Waals surface area contributed by atoms with Crippen LogP contribution in [0.1, 0.15) is 44.4 Å². The van der Waals surface area contributed by atoms with Gasteiger partial charge in [-0.3, -0.25) is 40.0 Å². The van der Waals surface area contributed by atoms with E-state index < -0.39 is 76.7 Å². The number of rotatable bonds is 23. The van der Waals surface area contributed by atoms with Gasteiger partial charge in [-0.15, -0.1) is 11.8 Å². The van der Waals surface area contributed by atoms with Crippen LogP contribution in [0, 0.1) is 36.3 Å². The summed E-state index contributed by atoms with van der Waals surface area (Å²) in [6.45, 7) is 7.72. The number of carbonyl (C=O) groups excluding carboxylic acids is 4. The van der Waals surface area contributed by atoms with Crippen LogP contribution in [0.2, 0.25) is 18.1 Å². The molecule has 1 aliphatic heterocycles. The number of likely N-dealkylation sites (tertiary alicyclic amines) is 1. The number of nitro groups is 3. The van der Waals surface area contributed by atoms with E-state index in [-0.39, 0.29) is 64.0 Å². The summed E-state index contributed by atoms with van der Waals surface area (Å²) < 4.78 is 24.4. The van der Waals surface area contributed by atoms with E-state index in [1.54, 1.807) is 0 Å². The molecule has 25 heteroatoms. The Hall–Kier alpha value is -7.73. The highest BCUT2D eigenvalue weighted by atomic mass is 32.2. The number of hydrogen-bond donors (Lipinski definition) is 2. The molecule has 1 fully saturated rings. The topological polar surface area (TPSA) is 262 Å². The maximum atomic E-state index is 15.8. The number of ether oxygens (including phenoxy) is 3. The van der Waals surface area contributed by atoms with Gasteiger partial charge in [0, 0.05) is 61.6 Å². The van der Waals surface area contributed by atoms with E-state index in [1.165, 1.54) is 77.7 Å². The van der Waals surface area contributed by atoms with Gasteiger partial charge < -0.3 is 29.3 Å². The molecule has 434 valence electrons. The highest BCUT2D eigenvalue weighted by Crippen LogP contribution is 2.52. The molecule has 6 aromatic rings. The zero-order chi connectivity index (χ0) is 60.1. The van der Waals surface area contributed by atoms with Gasteiger partial charge in [-0.2, -0.15) is 0 Å². The third-order valence-corrected chi connectivity index (χ3v) is 25.8. The molecule has 2 N–H and O–H groups in total. The predicted octanol–water partition coefficient (Wildman–Crippen LogP) is 10.7. The molecule has 0 saturated carbocycles. The Kier molecular flexibility index (Phi) is 21.2. The molecule has 0 unspecified atom stereocenters. The van der Waals surface area contributed by atoms with Gasteiger partial charge >= 0.3 is 18.2 Å². The van der Waals surface area contributed by atoms with Crippen LogP contribution in [0.5, 0.6) is 0 Å². The summed E-state index contributed by atoms with van der Waals surface area (Å²) in [6.07, 6.45) is -2.42. The third-order valence-electron chi connectivity index (χ3n) is 14.0. The zero-order valence-electron chi connectivity index (χ0n) is 46.1. The SMILES string of the molecule is C[C@@H](O[Si](C)(C)C(C)(C)C)[C@H]1C(=O)N(C(C(=O)OCc2ccc([N+](=O)[O-])cc2)=P(c2ccccc2)(c2ccccc2)c2ccccc2)[C@@H]1SC(=S)SC(CNC(=O)OCc1ccc([N+](=O)[O-])cc1)CNC(=O)OCc1ccc([N+](=O)[O-])cc1. The number of non-ortho nitro benzene ring substituents is 3. The number of esters is 1. The van der Waals surface area contributed by atoms with Crippen LogP contribution in [0.4, 0.5) is 26.7 Å². The van der Waals surface area contributed by atoms with Gasteiger partial charge in [0.1, 0.15) is 34.1 Å². The normalized spacial score (nSPS) is 14.6. The summed E-state index contributed by atoms with van der Waals surface area (Å²) in [5.41, 5.74) is 1.04. The van der Waals surface area contributed by atoms with Crippen molar-refractivity contribution in [2.75, 3.05) is 13.1 Å². The van der Waals surface area contributed by atoms with Gasteiger partial charge in [0.25, 0.3) is 17.1 Å². The highest BCUT2D eigenvalue weighted by Gasteiger charge is 2.58. The lowest BCUT2D eigenvalue weighted by Crippen LogP contribution is -2.68. The Labute approximate surface area is 494 Å². The smallest absolute Gasteiger partial charge is 0.407 e. The fraction of sp³-hybridized carbons (Fsp3) is 0.276. The lowest BCUT2D eigenvalue weighted by Gasteiger charge is -2.52. The molecule has 20 nitrogen and oxygen atoms in total. The first-order valence-corrected chi connectivity index (χ1v) is 32.9. The number of thiocarbonyl (C=S) groups is 1. The van der Waals surface area contributed by atoms with Gasteiger partial charge in [-0.25, -0.2) is 14.4 Å². The van der Waals surface area contributed by atoms with Gasteiger partial charge in [-0.05, 0) is 94.1 Å². The molecular weight excluding hydrogens is 1160 g/mol. The number of nitro benzene ring substituents is 3.